The van der Waals surface area contributed by atoms with Gasteiger partial charge >= 0.3 is 0 Å². The zero-order valence-electron chi connectivity index (χ0n) is 6.02. The first-order chi connectivity index (χ1) is 4.29. The van der Waals surface area contributed by atoms with E-state index >= 15 is 0 Å². The molecule has 0 aromatic carbocycles. The summed E-state index contributed by atoms with van der Waals surface area (Å²) in [4.78, 5) is 0. The molecule has 0 nitrogen and oxygen atoms in total. The van der Waals surface area contributed by atoms with Crippen LogP contribution in [0.25, 0.3) is 0 Å². The zero-order valence-corrected chi connectivity index (χ0v) is 6.02. The lowest BCUT2D eigenvalue weighted by molar-refractivity contribution is 0.980. The van der Waals surface area contributed by atoms with Crippen molar-refractivity contribution < 1.29 is 0 Å². The molecule has 2 atom stereocenters. The summed E-state index contributed by atoms with van der Waals surface area (Å²) in [6.45, 7) is 4.42. The van der Waals surface area contributed by atoms with E-state index in [0.29, 0.717) is 0 Å². The van der Waals surface area contributed by atoms with Crippen LogP contribution >= 0.6 is 0 Å². The molecule has 0 radical (unpaired) electrons. The molecule has 0 aromatic rings. The van der Waals surface area contributed by atoms with Crippen molar-refractivity contribution in [1.29, 1.82) is 0 Å². The molecule has 48 valence electrons. The molecule has 0 N–H and O–H groups in total. The van der Waals surface area contributed by atoms with E-state index in [-0.39, 0.29) is 0 Å². The molecular formula is C9H12. The van der Waals surface area contributed by atoms with Crippen LogP contribution in [0.4, 0.5) is 0 Å². The normalized spacial score (nSPS) is 36.9. The molecule has 0 spiro atoms. The molecule has 1 saturated carbocycles. The van der Waals surface area contributed by atoms with Gasteiger partial charge in [0, 0.05) is 0 Å². The molecule has 0 heteroatoms. The minimum atomic E-state index is 0.940. The lowest BCUT2D eigenvalue weighted by atomic mass is 10.1. The van der Waals surface area contributed by atoms with Crippen molar-refractivity contribution in [3.05, 3.63) is 23.3 Å². The van der Waals surface area contributed by atoms with Gasteiger partial charge in [-0.2, -0.15) is 0 Å². The Bertz CT molecular complexity index is 192. The van der Waals surface area contributed by atoms with Gasteiger partial charge in [-0.25, -0.2) is 0 Å². The van der Waals surface area contributed by atoms with Gasteiger partial charge in [0.15, 0.2) is 0 Å². The van der Waals surface area contributed by atoms with Gasteiger partial charge in [-0.15, -0.1) is 0 Å². The van der Waals surface area contributed by atoms with Crippen LogP contribution in [-0.2, 0) is 0 Å². The maximum absolute atomic E-state index is 2.35. The van der Waals surface area contributed by atoms with Crippen molar-refractivity contribution in [3.8, 4) is 0 Å². The van der Waals surface area contributed by atoms with Crippen LogP contribution in [0.3, 0.4) is 0 Å². The summed E-state index contributed by atoms with van der Waals surface area (Å²) >= 11 is 0. The van der Waals surface area contributed by atoms with Gasteiger partial charge in [-0.3, -0.25) is 0 Å². The fourth-order valence-electron chi connectivity index (χ4n) is 1.67. The van der Waals surface area contributed by atoms with Gasteiger partial charge in [0.25, 0.3) is 0 Å². The molecule has 0 bridgehead atoms. The number of allylic oxidation sites excluding steroid dienone is 4. The van der Waals surface area contributed by atoms with Crippen molar-refractivity contribution >= 4 is 0 Å². The standard InChI is InChI=1S/C9H12/c1-6(2)8-4-3-7-5-9(7)8/h3-4,7,9H,5H2,1-2H3. The number of hydrogen-bond donors (Lipinski definition) is 0. The predicted octanol–water partition coefficient (Wildman–Crippen LogP) is 2.53. The molecule has 2 aliphatic rings. The Kier molecular flexibility index (Phi) is 0.879. The summed E-state index contributed by atoms with van der Waals surface area (Å²) in [5.41, 5.74) is 3.12. The predicted molar refractivity (Wildman–Crippen MR) is 39.1 cm³/mol. The van der Waals surface area contributed by atoms with E-state index in [2.05, 4.69) is 26.0 Å². The van der Waals surface area contributed by atoms with E-state index < -0.39 is 0 Å². The Morgan fingerprint density at radius 3 is 2.56 bits per heavy atom. The van der Waals surface area contributed by atoms with Gasteiger partial charge in [0.05, 0.1) is 0 Å². The Morgan fingerprint density at radius 2 is 2.33 bits per heavy atom. The van der Waals surface area contributed by atoms with Crippen molar-refractivity contribution in [3.63, 3.8) is 0 Å². The van der Waals surface area contributed by atoms with E-state index in [4.69, 9.17) is 0 Å². The Balaban J connectivity index is 2.34. The fourth-order valence-corrected chi connectivity index (χ4v) is 1.67. The Labute approximate surface area is 56.3 Å². The molecule has 2 unspecified atom stereocenters. The van der Waals surface area contributed by atoms with Crippen LogP contribution in [0.2, 0.25) is 0 Å². The van der Waals surface area contributed by atoms with Gasteiger partial charge in [0.1, 0.15) is 0 Å². The first-order valence-electron chi connectivity index (χ1n) is 3.64. The van der Waals surface area contributed by atoms with E-state index in [0.717, 1.165) is 11.8 Å². The summed E-state index contributed by atoms with van der Waals surface area (Å²) in [6.07, 6.45) is 6.08. The highest BCUT2D eigenvalue weighted by atomic mass is 14.4. The minimum Gasteiger partial charge on any atom is -0.0805 e. The third kappa shape index (κ3) is 0.658. The molecule has 2 aliphatic carbocycles. The number of hydrogen-bond acceptors (Lipinski definition) is 0. The maximum Gasteiger partial charge on any atom is -0.00936 e. The maximum atomic E-state index is 2.35. The molecule has 0 amide bonds. The summed E-state index contributed by atoms with van der Waals surface area (Å²) in [7, 11) is 0. The largest absolute Gasteiger partial charge is 0.0805 e. The zero-order chi connectivity index (χ0) is 6.43. The second-order valence-corrected chi connectivity index (χ2v) is 3.32. The second-order valence-electron chi connectivity index (χ2n) is 3.32. The first-order valence-corrected chi connectivity index (χ1v) is 3.64. The fraction of sp³-hybridized carbons (Fsp3) is 0.556. The number of rotatable bonds is 0. The SMILES string of the molecule is CC(C)=C1C=CC2CC12. The third-order valence-corrected chi connectivity index (χ3v) is 2.34. The topological polar surface area (TPSA) is 0 Å². The van der Waals surface area contributed by atoms with Gasteiger partial charge in [-0.05, 0) is 37.7 Å². The van der Waals surface area contributed by atoms with Crippen LogP contribution < -0.4 is 0 Å². The quantitative estimate of drug-likeness (QED) is 0.461. The molecule has 2 rings (SSSR count). The monoisotopic (exact) mass is 120 g/mol. The van der Waals surface area contributed by atoms with Crippen molar-refractivity contribution in [2.75, 3.05) is 0 Å². The number of fused-ring (bicyclic) bond motifs is 1. The van der Waals surface area contributed by atoms with E-state index in [1.165, 1.54) is 12.0 Å². The smallest absolute Gasteiger partial charge is 0.00936 e. The van der Waals surface area contributed by atoms with Crippen LogP contribution in [0.15, 0.2) is 23.3 Å². The Morgan fingerprint density at radius 1 is 1.56 bits per heavy atom. The summed E-state index contributed by atoms with van der Waals surface area (Å²) in [6, 6.07) is 0. The summed E-state index contributed by atoms with van der Waals surface area (Å²) in [5, 5.41) is 0. The lowest BCUT2D eigenvalue weighted by Gasteiger charge is -1.96. The molecule has 0 aliphatic heterocycles. The second kappa shape index (κ2) is 1.50. The lowest BCUT2D eigenvalue weighted by Crippen LogP contribution is -1.80. The van der Waals surface area contributed by atoms with E-state index in [9.17, 15) is 0 Å². The third-order valence-electron chi connectivity index (χ3n) is 2.34. The Hall–Kier alpha value is -0.520. The average molecular weight is 120 g/mol. The van der Waals surface area contributed by atoms with Gasteiger partial charge in [0.2, 0.25) is 0 Å². The molecule has 9 heavy (non-hydrogen) atoms. The van der Waals surface area contributed by atoms with Crippen LogP contribution in [0, 0.1) is 11.8 Å². The van der Waals surface area contributed by atoms with Gasteiger partial charge in [-0.1, -0.05) is 17.7 Å². The van der Waals surface area contributed by atoms with E-state index in [1.54, 1.807) is 5.57 Å². The molecular weight excluding hydrogens is 108 g/mol. The van der Waals surface area contributed by atoms with Crippen molar-refractivity contribution in [2.24, 2.45) is 11.8 Å². The van der Waals surface area contributed by atoms with Crippen molar-refractivity contribution in [2.45, 2.75) is 20.3 Å². The molecule has 0 aromatic heterocycles. The molecule has 0 heterocycles. The highest BCUT2D eigenvalue weighted by Gasteiger charge is 2.40. The summed E-state index contributed by atoms with van der Waals surface area (Å²) in [5.74, 6) is 1.88. The molecule has 1 fully saturated rings. The van der Waals surface area contributed by atoms with Gasteiger partial charge < -0.3 is 0 Å². The molecule has 0 saturated heterocycles. The van der Waals surface area contributed by atoms with Crippen LogP contribution in [0.1, 0.15) is 20.3 Å². The van der Waals surface area contributed by atoms with Crippen molar-refractivity contribution in [1.82, 2.24) is 0 Å². The van der Waals surface area contributed by atoms with E-state index in [1.807, 2.05) is 0 Å². The highest BCUT2D eigenvalue weighted by Crippen LogP contribution is 2.51. The summed E-state index contributed by atoms with van der Waals surface area (Å²) < 4.78 is 0. The van der Waals surface area contributed by atoms with Crippen LogP contribution in [0.5, 0.6) is 0 Å². The minimum absolute atomic E-state index is 0.940. The first kappa shape index (κ1) is 5.28. The highest BCUT2D eigenvalue weighted by molar-refractivity contribution is 5.39. The average Bonchev–Trinajstić information content (AvgIpc) is 2.43. The van der Waals surface area contributed by atoms with Crippen LogP contribution in [-0.4, -0.2) is 0 Å².